The fourth-order valence-corrected chi connectivity index (χ4v) is 4.88. The molecule has 0 amide bonds. The van der Waals surface area contributed by atoms with Crippen molar-refractivity contribution in [2.75, 3.05) is 19.6 Å². The molecule has 3 heterocycles. The predicted octanol–water partition coefficient (Wildman–Crippen LogP) is 3.08. The van der Waals surface area contributed by atoms with Crippen LogP contribution in [0.1, 0.15) is 61.8 Å². The van der Waals surface area contributed by atoms with Crippen LogP contribution in [0.4, 0.5) is 0 Å². The molecule has 1 N–H and O–H groups in total. The van der Waals surface area contributed by atoms with Gasteiger partial charge >= 0.3 is 0 Å². The van der Waals surface area contributed by atoms with Gasteiger partial charge in [-0.1, -0.05) is 12.1 Å². The average Bonchev–Trinajstić information content (AvgIpc) is 3.45. The Morgan fingerprint density at radius 3 is 2.82 bits per heavy atom. The summed E-state index contributed by atoms with van der Waals surface area (Å²) in [7, 11) is 0. The summed E-state index contributed by atoms with van der Waals surface area (Å²) >= 11 is 0. The summed E-state index contributed by atoms with van der Waals surface area (Å²) in [5.41, 5.74) is 1.34. The van der Waals surface area contributed by atoms with Crippen LogP contribution in [0.5, 0.6) is 5.75 Å². The van der Waals surface area contributed by atoms with E-state index in [2.05, 4.69) is 49.2 Å². The van der Waals surface area contributed by atoms with E-state index in [1.54, 1.807) is 0 Å². The molecule has 1 saturated heterocycles. The Labute approximate surface area is 167 Å². The minimum absolute atomic E-state index is 0.386. The number of hydrogen-bond acceptors (Lipinski definition) is 5. The number of nitrogens with one attached hydrogen (secondary N) is 1. The lowest BCUT2D eigenvalue weighted by Crippen LogP contribution is -2.27. The van der Waals surface area contributed by atoms with E-state index in [-0.39, 0.29) is 0 Å². The van der Waals surface area contributed by atoms with Gasteiger partial charge in [-0.05, 0) is 62.8 Å². The van der Waals surface area contributed by atoms with Gasteiger partial charge in [0.05, 0.1) is 12.1 Å². The second kappa shape index (κ2) is 8.21. The van der Waals surface area contributed by atoms with Crippen LogP contribution in [0.3, 0.4) is 0 Å². The van der Waals surface area contributed by atoms with E-state index in [1.807, 2.05) is 0 Å². The number of rotatable bonds is 5. The van der Waals surface area contributed by atoms with Gasteiger partial charge in [0, 0.05) is 32.6 Å². The molecule has 1 aromatic heterocycles. The number of ether oxygens (including phenoxy) is 1. The van der Waals surface area contributed by atoms with Crippen LogP contribution in [0, 0.1) is 0 Å². The summed E-state index contributed by atoms with van der Waals surface area (Å²) in [6, 6.07) is 9.08. The van der Waals surface area contributed by atoms with E-state index in [9.17, 15) is 0 Å². The summed E-state index contributed by atoms with van der Waals surface area (Å²) in [5, 5.41) is 12.6. The van der Waals surface area contributed by atoms with E-state index in [1.165, 1.54) is 44.1 Å². The highest BCUT2D eigenvalue weighted by Crippen LogP contribution is 2.26. The van der Waals surface area contributed by atoms with E-state index in [0.29, 0.717) is 12.1 Å². The molecule has 3 aliphatic rings. The quantitative estimate of drug-likeness (QED) is 0.863. The van der Waals surface area contributed by atoms with E-state index < -0.39 is 0 Å². The Kier molecular flexibility index (Phi) is 5.32. The average molecular weight is 382 g/mol. The van der Waals surface area contributed by atoms with E-state index >= 15 is 0 Å². The van der Waals surface area contributed by atoms with Gasteiger partial charge in [-0.3, -0.25) is 4.90 Å². The molecule has 1 aromatic carbocycles. The van der Waals surface area contributed by atoms with Crippen LogP contribution in [0.25, 0.3) is 0 Å². The highest BCUT2D eigenvalue weighted by atomic mass is 16.5. The Morgan fingerprint density at radius 2 is 1.96 bits per heavy atom. The van der Waals surface area contributed by atoms with E-state index in [0.717, 1.165) is 56.5 Å². The van der Waals surface area contributed by atoms with E-state index in [4.69, 9.17) is 4.74 Å². The van der Waals surface area contributed by atoms with Gasteiger partial charge in [0.15, 0.2) is 0 Å². The van der Waals surface area contributed by atoms with Crippen molar-refractivity contribution in [2.24, 2.45) is 0 Å². The van der Waals surface area contributed by atoms with Crippen LogP contribution in [0.15, 0.2) is 24.3 Å². The first-order chi connectivity index (χ1) is 13.8. The summed E-state index contributed by atoms with van der Waals surface area (Å²) in [6.45, 7) is 5.12. The monoisotopic (exact) mass is 381 g/mol. The number of benzene rings is 1. The molecule has 5 rings (SSSR count). The zero-order valence-electron chi connectivity index (χ0n) is 16.6. The second-order valence-electron chi connectivity index (χ2n) is 8.47. The lowest BCUT2D eigenvalue weighted by Gasteiger charge is -2.21. The minimum atomic E-state index is 0.386. The first kappa shape index (κ1) is 18.1. The lowest BCUT2D eigenvalue weighted by molar-refractivity contribution is 0.209. The second-order valence-corrected chi connectivity index (χ2v) is 8.47. The molecule has 1 atom stereocenters. The topological polar surface area (TPSA) is 55.2 Å². The molecule has 28 heavy (non-hydrogen) atoms. The maximum atomic E-state index is 6.19. The summed E-state index contributed by atoms with van der Waals surface area (Å²) in [4.78, 5) is 2.54. The Hall–Kier alpha value is -1.92. The van der Waals surface area contributed by atoms with Crippen molar-refractivity contribution < 1.29 is 4.74 Å². The number of nitrogens with zero attached hydrogens (tertiary/aromatic N) is 4. The standard InChI is InChI=1S/C22H31N5O/c1-2-7-18(6-1)28-19-8-3-5-17(15-19)16-26-12-10-21-24-25-22(27(21)14-13-26)20-9-4-11-23-20/h3,5,8,15,18,20,23H,1-2,4,6-7,9-14,16H2/t20-/m1/s1. The molecule has 1 saturated carbocycles. The van der Waals surface area contributed by atoms with Gasteiger partial charge in [0.2, 0.25) is 0 Å². The van der Waals surface area contributed by atoms with Crippen molar-refractivity contribution in [3.8, 4) is 5.75 Å². The van der Waals surface area contributed by atoms with Gasteiger partial charge in [-0.25, -0.2) is 0 Å². The molecule has 150 valence electrons. The summed E-state index contributed by atoms with van der Waals surface area (Å²) < 4.78 is 8.56. The summed E-state index contributed by atoms with van der Waals surface area (Å²) in [6.07, 6.45) is 8.81. The molecule has 0 unspecified atom stereocenters. The lowest BCUT2D eigenvalue weighted by atomic mass is 10.2. The van der Waals surface area contributed by atoms with Crippen LogP contribution >= 0.6 is 0 Å². The minimum Gasteiger partial charge on any atom is -0.490 e. The Bertz CT molecular complexity index is 792. The van der Waals surface area contributed by atoms with Crippen molar-refractivity contribution in [1.82, 2.24) is 25.0 Å². The van der Waals surface area contributed by atoms with Crippen molar-refractivity contribution in [3.63, 3.8) is 0 Å². The third kappa shape index (κ3) is 3.94. The predicted molar refractivity (Wildman–Crippen MR) is 108 cm³/mol. The molecule has 1 aliphatic carbocycles. The normalized spacial score (nSPS) is 23.6. The first-order valence-electron chi connectivity index (χ1n) is 11.0. The van der Waals surface area contributed by atoms with Gasteiger partial charge in [0.1, 0.15) is 17.4 Å². The molecule has 6 nitrogen and oxygen atoms in total. The molecule has 0 bridgehead atoms. The van der Waals surface area contributed by atoms with Crippen LogP contribution in [0.2, 0.25) is 0 Å². The maximum Gasteiger partial charge on any atom is 0.150 e. The number of fused-ring (bicyclic) bond motifs is 1. The third-order valence-electron chi connectivity index (χ3n) is 6.43. The third-order valence-corrected chi connectivity index (χ3v) is 6.43. The zero-order chi connectivity index (χ0) is 18.8. The molecule has 6 heteroatoms. The highest BCUT2D eigenvalue weighted by Gasteiger charge is 2.26. The largest absolute Gasteiger partial charge is 0.490 e. The zero-order valence-corrected chi connectivity index (χ0v) is 16.6. The van der Waals surface area contributed by atoms with Crippen molar-refractivity contribution >= 4 is 0 Å². The van der Waals surface area contributed by atoms with Crippen LogP contribution < -0.4 is 10.1 Å². The SMILES string of the molecule is c1cc(CN2CCc3nnc([C@H]4CCCN4)n3CC2)cc(OC2CCCC2)c1. The first-order valence-corrected chi connectivity index (χ1v) is 11.0. The Balaban J connectivity index is 1.22. The van der Waals surface area contributed by atoms with Crippen molar-refractivity contribution in [2.45, 2.75) is 70.2 Å². The van der Waals surface area contributed by atoms with Gasteiger partial charge < -0.3 is 14.6 Å². The molecule has 2 aromatic rings. The highest BCUT2D eigenvalue weighted by molar-refractivity contribution is 5.28. The number of hydrogen-bond donors (Lipinski definition) is 1. The van der Waals surface area contributed by atoms with Gasteiger partial charge in [-0.15, -0.1) is 10.2 Å². The molecule has 0 spiro atoms. The summed E-state index contributed by atoms with van der Waals surface area (Å²) in [5.74, 6) is 3.32. The Morgan fingerprint density at radius 1 is 1.04 bits per heavy atom. The van der Waals surface area contributed by atoms with Crippen molar-refractivity contribution in [1.29, 1.82) is 0 Å². The molecule has 0 radical (unpaired) electrons. The van der Waals surface area contributed by atoms with Crippen LogP contribution in [-0.4, -0.2) is 45.4 Å². The fraction of sp³-hybridized carbons (Fsp3) is 0.636. The van der Waals surface area contributed by atoms with Crippen LogP contribution in [-0.2, 0) is 19.5 Å². The molecular formula is C22H31N5O. The molecular weight excluding hydrogens is 350 g/mol. The maximum absolute atomic E-state index is 6.19. The van der Waals surface area contributed by atoms with Gasteiger partial charge in [0.25, 0.3) is 0 Å². The smallest absolute Gasteiger partial charge is 0.150 e. The fourth-order valence-electron chi connectivity index (χ4n) is 4.88. The molecule has 2 aliphatic heterocycles. The molecule has 2 fully saturated rings. The van der Waals surface area contributed by atoms with Gasteiger partial charge in [-0.2, -0.15) is 0 Å². The van der Waals surface area contributed by atoms with Crippen molar-refractivity contribution in [3.05, 3.63) is 41.5 Å². The number of aromatic nitrogens is 3.